The Balaban J connectivity index is 2.88. The maximum absolute atomic E-state index is 12.2. The number of thioether (sulfide) groups is 1. The average Bonchev–Trinajstić information content (AvgIpc) is 2.70. The molecule has 98 valence electrons. The van der Waals surface area contributed by atoms with Crippen LogP contribution in [0.2, 0.25) is 0 Å². The van der Waals surface area contributed by atoms with Crippen molar-refractivity contribution in [2.75, 3.05) is 5.75 Å². The second-order valence-electron chi connectivity index (χ2n) is 4.44. The number of rotatable bonds is 4. The number of nitrogens with zero attached hydrogens (tertiary/aromatic N) is 1. The molecule has 0 spiro atoms. The fourth-order valence-electron chi connectivity index (χ4n) is 1.82. The van der Waals surface area contributed by atoms with Gasteiger partial charge >= 0.3 is 5.97 Å². The van der Waals surface area contributed by atoms with Gasteiger partial charge in [-0.2, -0.15) is 0 Å². The molecule has 1 aliphatic rings. The van der Waals surface area contributed by atoms with E-state index in [1.807, 2.05) is 6.92 Å². The number of carboxylic acid groups (broad SMARTS) is 1. The molecule has 17 heavy (non-hydrogen) atoms. The molecule has 5 nitrogen and oxygen atoms in total. The molecule has 1 aliphatic heterocycles. The first kappa shape index (κ1) is 14.3. The molecule has 0 aromatic rings. The Labute approximate surface area is 106 Å². The summed E-state index contributed by atoms with van der Waals surface area (Å²) in [5.41, 5.74) is 5.71. The summed E-state index contributed by atoms with van der Waals surface area (Å²) in [5.74, 6) is -0.960. The van der Waals surface area contributed by atoms with Gasteiger partial charge in [0.2, 0.25) is 5.91 Å². The van der Waals surface area contributed by atoms with Gasteiger partial charge in [0.15, 0.2) is 0 Å². The normalized spacial score (nSPS) is 27.9. The van der Waals surface area contributed by atoms with E-state index < -0.39 is 12.0 Å². The molecule has 0 aliphatic carbocycles. The van der Waals surface area contributed by atoms with Crippen LogP contribution in [0.5, 0.6) is 0 Å². The van der Waals surface area contributed by atoms with Crippen LogP contribution in [0.3, 0.4) is 0 Å². The lowest BCUT2D eigenvalue weighted by Crippen LogP contribution is -2.50. The minimum absolute atomic E-state index is 0.0372. The first-order valence-electron chi connectivity index (χ1n) is 5.82. The van der Waals surface area contributed by atoms with Crippen LogP contribution in [0.1, 0.15) is 27.2 Å². The maximum Gasteiger partial charge on any atom is 0.327 e. The van der Waals surface area contributed by atoms with Gasteiger partial charge in [0, 0.05) is 11.8 Å². The van der Waals surface area contributed by atoms with Crippen molar-refractivity contribution in [1.29, 1.82) is 0 Å². The Kier molecular flexibility index (Phi) is 4.82. The fraction of sp³-hybridized carbons (Fsp3) is 0.818. The van der Waals surface area contributed by atoms with Crippen LogP contribution in [-0.2, 0) is 9.59 Å². The van der Waals surface area contributed by atoms with Crippen molar-refractivity contribution in [2.45, 2.75) is 44.6 Å². The van der Waals surface area contributed by atoms with Gasteiger partial charge < -0.3 is 15.7 Å². The lowest BCUT2D eigenvalue weighted by atomic mass is 10.0. The van der Waals surface area contributed by atoms with Crippen molar-refractivity contribution in [3.05, 3.63) is 0 Å². The summed E-state index contributed by atoms with van der Waals surface area (Å²) >= 11 is 1.53. The second kappa shape index (κ2) is 5.73. The van der Waals surface area contributed by atoms with E-state index in [1.165, 1.54) is 16.7 Å². The Hall–Kier alpha value is -0.750. The van der Waals surface area contributed by atoms with Crippen LogP contribution in [0.4, 0.5) is 0 Å². The molecule has 4 atom stereocenters. The van der Waals surface area contributed by atoms with Crippen molar-refractivity contribution in [2.24, 2.45) is 11.7 Å². The first-order chi connectivity index (χ1) is 7.90. The highest BCUT2D eigenvalue weighted by molar-refractivity contribution is 8.00. The van der Waals surface area contributed by atoms with E-state index in [4.69, 9.17) is 10.8 Å². The largest absolute Gasteiger partial charge is 0.480 e. The van der Waals surface area contributed by atoms with Crippen LogP contribution in [-0.4, -0.2) is 45.1 Å². The molecule has 0 aromatic carbocycles. The number of carboxylic acids is 1. The molecular formula is C11H20N2O3S. The molecule has 1 heterocycles. The van der Waals surface area contributed by atoms with Gasteiger partial charge in [0.05, 0.1) is 11.3 Å². The summed E-state index contributed by atoms with van der Waals surface area (Å²) in [5, 5.41) is 9.09. The molecule has 0 saturated carbocycles. The predicted octanol–water partition coefficient (Wildman–Crippen LogP) is 0.734. The van der Waals surface area contributed by atoms with E-state index in [0.29, 0.717) is 5.75 Å². The van der Waals surface area contributed by atoms with E-state index >= 15 is 0 Å². The highest BCUT2D eigenvalue weighted by atomic mass is 32.2. The third-order valence-corrected chi connectivity index (χ3v) is 4.61. The summed E-state index contributed by atoms with van der Waals surface area (Å²) in [7, 11) is 0. The van der Waals surface area contributed by atoms with E-state index in [1.54, 1.807) is 13.8 Å². The molecule has 3 N–H and O–H groups in total. The van der Waals surface area contributed by atoms with Crippen molar-refractivity contribution >= 4 is 23.6 Å². The third-order valence-electron chi connectivity index (χ3n) is 3.16. The van der Waals surface area contributed by atoms with Crippen LogP contribution in [0.15, 0.2) is 0 Å². The van der Waals surface area contributed by atoms with Gasteiger partial charge in [-0.25, -0.2) is 4.79 Å². The van der Waals surface area contributed by atoms with Crippen molar-refractivity contribution < 1.29 is 14.7 Å². The lowest BCUT2D eigenvalue weighted by molar-refractivity contribution is -0.151. The summed E-state index contributed by atoms with van der Waals surface area (Å²) in [6.07, 6.45) is 0.756. The molecule has 4 unspecified atom stereocenters. The standard InChI is InChI=1S/C11H20N2O3S/c1-4-9-13(8(5-17-9)11(15)16)10(14)6(2)7(3)12/h6-9H,4-5,12H2,1-3H3,(H,15,16). The quantitative estimate of drug-likeness (QED) is 0.778. The molecule has 1 fully saturated rings. The summed E-state index contributed by atoms with van der Waals surface area (Å²) < 4.78 is 0. The van der Waals surface area contributed by atoms with E-state index in [-0.39, 0.29) is 23.2 Å². The highest BCUT2D eigenvalue weighted by Gasteiger charge is 2.42. The van der Waals surface area contributed by atoms with Crippen LogP contribution in [0.25, 0.3) is 0 Å². The fourth-order valence-corrected chi connectivity index (χ4v) is 3.18. The zero-order chi connectivity index (χ0) is 13.2. The molecule has 1 amide bonds. The van der Waals surface area contributed by atoms with Gasteiger partial charge in [-0.1, -0.05) is 13.8 Å². The number of aliphatic carboxylic acids is 1. The maximum atomic E-state index is 12.2. The van der Waals surface area contributed by atoms with Gasteiger partial charge in [-0.15, -0.1) is 11.8 Å². The Morgan fingerprint density at radius 3 is 2.53 bits per heavy atom. The number of amides is 1. The third kappa shape index (κ3) is 2.93. The summed E-state index contributed by atoms with van der Waals surface area (Å²) in [6.45, 7) is 5.48. The van der Waals surface area contributed by atoms with Crippen LogP contribution >= 0.6 is 11.8 Å². The average molecular weight is 260 g/mol. The Bertz CT molecular complexity index is 309. The van der Waals surface area contributed by atoms with Crippen LogP contribution in [0, 0.1) is 5.92 Å². The monoisotopic (exact) mass is 260 g/mol. The minimum atomic E-state index is -0.932. The molecule has 1 rings (SSSR count). The molecule has 0 aromatic heterocycles. The Morgan fingerprint density at radius 1 is 1.53 bits per heavy atom. The SMILES string of the molecule is CCC1SCC(C(=O)O)N1C(=O)C(C)C(C)N. The zero-order valence-corrected chi connectivity index (χ0v) is 11.2. The number of hydrogen-bond donors (Lipinski definition) is 2. The molecule has 6 heteroatoms. The van der Waals surface area contributed by atoms with E-state index in [2.05, 4.69) is 0 Å². The molecule has 0 radical (unpaired) electrons. The minimum Gasteiger partial charge on any atom is -0.480 e. The van der Waals surface area contributed by atoms with E-state index in [9.17, 15) is 9.59 Å². The number of carbonyl (C=O) groups is 2. The second-order valence-corrected chi connectivity index (χ2v) is 5.65. The molecule has 1 saturated heterocycles. The number of carbonyl (C=O) groups excluding carboxylic acids is 1. The zero-order valence-electron chi connectivity index (χ0n) is 10.4. The molecular weight excluding hydrogens is 240 g/mol. The van der Waals surface area contributed by atoms with Crippen molar-refractivity contribution in [3.8, 4) is 0 Å². The Morgan fingerprint density at radius 2 is 2.12 bits per heavy atom. The van der Waals surface area contributed by atoms with E-state index in [0.717, 1.165) is 6.42 Å². The smallest absolute Gasteiger partial charge is 0.327 e. The first-order valence-corrected chi connectivity index (χ1v) is 6.87. The predicted molar refractivity (Wildman–Crippen MR) is 67.6 cm³/mol. The number of hydrogen-bond acceptors (Lipinski definition) is 4. The van der Waals surface area contributed by atoms with Crippen LogP contribution < -0.4 is 5.73 Å². The summed E-state index contributed by atoms with van der Waals surface area (Å²) in [6, 6.07) is -0.973. The van der Waals surface area contributed by atoms with Gasteiger partial charge in [-0.05, 0) is 13.3 Å². The lowest BCUT2D eigenvalue weighted by Gasteiger charge is -2.30. The summed E-state index contributed by atoms with van der Waals surface area (Å²) in [4.78, 5) is 24.9. The number of nitrogens with two attached hydrogens (primary N) is 1. The van der Waals surface area contributed by atoms with Gasteiger partial charge in [0.25, 0.3) is 0 Å². The van der Waals surface area contributed by atoms with Gasteiger partial charge in [0.1, 0.15) is 6.04 Å². The topological polar surface area (TPSA) is 83.6 Å². The van der Waals surface area contributed by atoms with Crippen molar-refractivity contribution in [1.82, 2.24) is 4.90 Å². The molecule has 0 bridgehead atoms. The van der Waals surface area contributed by atoms with Crippen molar-refractivity contribution in [3.63, 3.8) is 0 Å². The highest BCUT2D eigenvalue weighted by Crippen LogP contribution is 2.32. The van der Waals surface area contributed by atoms with Gasteiger partial charge in [-0.3, -0.25) is 4.79 Å².